The number of rotatable bonds is 4. The Morgan fingerprint density at radius 2 is 1.85 bits per heavy atom. The fourth-order valence-electron chi connectivity index (χ4n) is 5.21. The summed E-state index contributed by atoms with van der Waals surface area (Å²) in [5, 5.41) is 17.8. The van der Waals surface area contributed by atoms with E-state index in [9.17, 15) is 4.79 Å². The number of amides is 1. The first-order valence-electron chi connectivity index (χ1n) is 13.2. The second-order valence-corrected chi connectivity index (χ2v) is 11.7. The highest BCUT2D eigenvalue weighted by molar-refractivity contribution is 6.30. The summed E-state index contributed by atoms with van der Waals surface area (Å²) in [5.74, 6) is 1.84. The second kappa shape index (κ2) is 9.72. The minimum Gasteiger partial charge on any atom is -0.444 e. The van der Waals surface area contributed by atoms with Crippen LogP contribution in [-0.4, -0.2) is 54.2 Å². The van der Waals surface area contributed by atoms with Gasteiger partial charge in [-0.05, 0) is 81.6 Å². The van der Waals surface area contributed by atoms with Crippen LogP contribution in [0.3, 0.4) is 0 Å². The number of likely N-dealkylation sites (tertiary alicyclic amines) is 1. The number of halogens is 1. The van der Waals surface area contributed by atoms with Crippen molar-refractivity contribution in [1.82, 2.24) is 29.4 Å². The quantitative estimate of drug-likeness (QED) is 0.339. The van der Waals surface area contributed by atoms with Gasteiger partial charge in [-0.2, -0.15) is 5.10 Å². The van der Waals surface area contributed by atoms with Gasteiger partial charge in [0, 0.05) is 42.0 Å². The smallest absolute Gasteiger partial charge is 0.410 e. The first-order chi connectivity index (χ1) is 18.6. The lowest BCUT2D eigenvalue weighted by molar-refractivity contribution is -0.000383. The molecule has 1 fully saturated rings. The molecule has 2 aliphatic heterocycles. The van der Waals surface area contributed by atoms with Crippen molar-refractivity contribution in [3.05, 3.63) is 77.1 Å². The molecular formula is C29H32ClN7O2. The number of hydrogen-bond donors (Lipinski definition) is 1. The fraction of sp³-hybridized carbons (Fsp3) is 0.379. The Kier molecular flexibility index (Phi) is 6.33. The molecule has 4 aromatic rings. The first kappa shape index (κ1) is 25.4. The highest BCUT2D eigenvalue weighted by Crippen LogP contribution is 2.36. The lowest BCUT2D eigenvalue weighted by atomic mass is 9.96. The van der Waals surface area contributed by atoms with Gasteiger partial charge in [0.15, 0.2) is 0 Å². The van der Waals surface area contributed by atoms with Crippen molar-refractivity contribution in [1.29, 1.82) is 0 Å². The van der Waals surface area contributed by atoms with E-state index in [-0.39, 0.29) is 18.2 Å². The summed E-state index contributed by atoms with van der Waals surface area (Å²) in [4.78, 5) is 14.0. The third kappa shape index (κ3) is 5.11. The van der Waals surface area contributed by atoms with Crippen molar-refractivity contribution < 1.29 is 9.53 Å². The molecule has 1 N–H and O–H groups in total. The fourth-order valence-corrected chi connectivity index (χ4v) is 5.34. The molecule has 39 heavy (non-hydrogen) atoms. The summed E-state index contributed by atoms with van der Waals surface area (Å²) < 4.78 is 9.59. The molecule has 2 aliphatic rings. The number of nitrogens with one attached hydrogen (secondary N) is 1. The Hall–Kier alpha value is -3.85. The Morgan fingerprint density at radius 1 is 1.08 bits per heavy atom. The highest BCUT2D eigenvalue weighted by atomic mass is 35.5. The van der Waals surface area contributed by atoms with Crippen LogP contribution in [0.5, 0.6) is 0 Å². The maximum atomic E-state index is 12.3. The molecule has 1 atom stereocenters. The van der Waals surface area contributed by atoms with E-state index in [0.29, 0.717) is 18.1 Å². The summed E-state index contributed by atoms with van der Waals surface area (Å²) in [6, 6.07) is 14.5. The van der Waals surface area contributed by atoms with E-state index in [1.807, 2.05) is 62.8 Å². The SMILES string of the molecule is Cc1nnc2n1-c1ccc(-c3cnn(C4CN(C(=O)OC(C)(C)C)C4)c3)cc1C(Nc1ccc(Cl)cc1)CC2. The van der Waals surface area contributed by atoms with Gasteiger partial charge < -0.3 is 15.0 Å². The highest BCUT2D eigenvalue weighted by Gasteiger charge is 2.35. The zero-order chi connectivity index (χ0) is 27.3. The van der Waals surface area contributed by atoms with E-state index in [2.05, 4.69) is 49.6 Å². The number of carbonyl (C=O) groups is 1. The van der Waals surface area contributed by atoms with Crippen molar-refractivity contribution in [3.63, 3.8) is 0 Å². The molecule has 9 nitrogen and oxygen atoms in total. The molecule has 10 heteroatoms. The lowest BCUT2D eigenvalue weighted by Gasteiger charge is -2.39. The summed E-state index contributed by atoms with van der Waals surface area (Å²) >= 11 is 6.12. The van der Waals surface area contributed by atoms with Gasteiger partial charge in [-0.3, -0.25) is 9.25 Å². The van der Waals surface area contributed by atoms with Crippen molar-refractivity contribution in [2.45, 2.75) is 58.2 Å². The zero-order valence-electron chi connectivity index (χ0n) is 22.6. The molecule has 0 bridgehead atoms. The molecule has 0 aliphatic carbocycles. The summed E-state index contributed by atoms with van der Waals surface area (Å²) in [7, 11) is 0. The predicted octanol–water partition coefficient (Wildman–Crippen LogP) is 5.98. The van der Waals surface area contributed by atoms with Crippen LogP contribution >= 0.6 is 11.6 Å². The molecule has 6 rings (SSSR count). The van der Waals surface area contributed by atoms with Gasteiger partial charge in [0.1, 0.15) is 17.2 Å². The molecule has 202 valence electrons. The number of benzene rings is 2. The number of nitrogens with zero attached hydrogens (tertiary/aromatic N) is 6. The number of hydrogen-bond acceptors (Lipinski definition) is 6. The van der Waals surface area contributed by atoms with E-state index in [0.717, 1.165) is 47.0 Å². The van der Waals surface area contributed by atoms with Crippen molar-refractivity contribution in [2.75, 3.05) is 18.4 Å². The molecular weight excluding hydrogens is 514 g/mol. The average molecular weight is 546 g/mol. The van der Waals surface area contributed by atoms with E-state index < -0.39 is 5.60 Å². The number of anilines is 1. The third-order valence-corrected chi connectivity index (χ3v) is 7.45. The van der Waals surface area contributed by atoms with Crippen LogP contribution < -0.4 is 5.32 Å². The van der Waals surface area contributed by atoms with Crippen LogP contribution in [0.1, 0.15) is 56.5 Å². The summed E-state index contributed by atoms with van der Waals surface area (Å²) in [6.45, 7) is 8.80. The molecule has 1 saturated heterocycles. The maximum Gasteiger partial charge on any atom is 0.410 e. The van der Waals surface area contributed by atoms with Gasteiger partial charge in [-0.15, -0.1) is 10.2 Å². The van der Waals surface area contributed by atoms with Crippen LogP contribution in [0.15, 0.2) is 54.9 Å². The molecule has 0 spiro atoms. The zero-order valence-corrected chi connectivity index (χ0v) is 23.3. The van der Waals surface area contributed by atoms with Gasteiger partial charge >= 0.3 is 6.09 Å². The molecule has 1 unspecified atom stereocenters. The molecule has 2 aromatic carbocycles. The average Bonchev–Trinajstić information content (AvgIpc) is 3.44. The number of aromatic nitrogens is 5. The number of carbonyl (C=O) groups excluding carboxylic acids is 1. The van der Waals surface area contributed by atoms with Crippen molar-refractivity contribution >= 4 is 23.4 Å². The standard InChI is InChI=1S/C29H32ClN7O2/c1-18-33-34-27-12-10-25(32-22-8-6-21(30)7-9-22)24-13-19(5-11-26(24)37(18)27)20-14-31-36(15-20)23-16-35(17-23)28(38)39-29(2,3)4/h5-9,11,13-15,23,25,32H,10,12,16-17H2,1-4H3. The Labute approximate surface area is 232 Å². The molecule has 1 amide bonds. The van der Waals surface area contributed by atoms with Gasteiger partial charge in [0.2, 0.25) is 0 Å². The molecule has 0 saturated carbocycles. The van der Waals surface area contributed by atoms with Crippen LogP contribution in [-0.2, 0) is 11.2 Å². The normalized spacial score (nSPS) is 17.2. The predicted molar refractivity (Wildman–Crippen MR) is 150 cm³/mol. The van der Waals surface area contributed by atoms with Crippen LogP contribution in [0.25, 0.3) is 16.8 Å². The van der Waals surface area contributed by atoms with Gasteiger partial charge in [0.05, 0.1) is 24.0 Å². The number of fused-ring (bicyclic) bond motifs is 3. The third-order valence-electron chi connectivity index (χ3n) is 7.20. The first-order valence-corrected chi connectivity index (χ1v) is 13.6. The maximum absolute atomic E-state index is 12.3. The van der Waals surface area contributed by atoms with E-state index >= 15 is 0 Å². The molecule has 2 aromatic heterocycles. The molecule has 4 heterocycles. The largest absolute Gasteiger partial charge is 0.444 e. The van der Waals surface area contributed by atoms with E-state index in [1.54, 1.807) is 4.90 Å². The lowest BCUT2D eigenvalue weighted by Crippen LogP contribution is -2.52. The monoisotopic (exact) mass is 545 g/mol. The van der Waals surface area contributed by atoms with Crippen LogP contribution in [0, 0.1) is 6.92 Å². The van der Waals surface area contributed by atoms with Gasteiger partial charge in [-0.25, -0.2) is 4.79 Å². The van der Waals surface area contributed by atoms with Crippen molar-refractivity contribution in [3.8, 4) is 16.8 Å². The van der Waals surface area contributed by atoms with Crippen LogP contribution in [0.4, 0.5) is 10.5 Å². The minimum atomic E-state index is -0.501. The van der Waals surface area contributed by atoms with Crippen molar-refractivity contribution in [2.24, 2.45) is 0 Å². The van der Waals surface area contributed by atoms with Gasteiger partial charge in [0.25, 0.3) is 0 Å². The topological polar surface area (TPSA) is 90.1 Å². The van der Waals surface area contributed by atoms with Gasteiger partial charge in [-0.1, -0.05) is 17.7 Å². The van der Waals surface area contributed by atoms with E-state index in [1.165, 1.54) is 5.56 Å². The van der Waals surface area contributed by atoms with Crippen LogP contribution in [0.2, 0.25) is 5.02 Å². The van der Waals surface area contributed by atoms with E-state index in [4.69, 9.17) is 16.3 Å². The summed E-state index contributed by atoms with van der Waals surface area (Å²) in [5.41, 5.74) is 4.89. The number of aryl methyl sites for hydroxylation is 2. The Morgan fingerprint density at radius 3 is 2.59 bits per heavy atom. The molecule has 0 radical (unpaired) electrons. The Bertz CT molecular complexity index is 1510. The Balaban J connectivity index is 1.27. The second-order valence-electron chi connectivity index (χ2n) is 11.3. The summed E-state index contributed by atoms with van der Waals surface area (Å²) in [6.07, 6.45) is 5.36. The minimum absolute atomic E-state index is 0.0753. The number of ether oxygens (including phenoxy) is 1.